The minimum atomic E-state index is -0.430. The summed E-state index contributed by atoms with van der Waals surface area (Å²) in [5.41, 5.74) is 0.667. The van der Waals surface area contributed by atoms with Crippen LogP contribution in [0, 0.1) is 11.6 Å². The third-order valence-electron chi connectivity index (χ3n) is 1.81. The molecule has 0 aromatic carbocycles. The lowest BCUT2D eigenvalue weighted by Crippen LogP contribution is -1.86. The van der Waals surface area contributed by atoms with Crippen LogP contribution in [0.1, 0.15) is 16.2 Å². The number of pyridine rings is 2. The van der Waals surface area contributed by atoms with E-state index in [0.717, 1.165) is 18.6 Å². The van der Waals surface area contributed by atoms with E-state index in [9.17, 15) is 13.6 Å². The molecule has 2 rings (SSSR count). The Morgan fingerprint density at radius 3 is 1.89 bits per heavy atom. The summed E-state index contributed by atoms with van der Waals surface area (Å²) in [6, 6.07) is 5.16. The first-order valence-electron chi connectivity index (χ1n) is 5.01. The van der Waals surface area contributed by atoms with Crippen LogP contribution < -0.4 is 0 Å². The molecule has 2 aromatic heterocycles. The van der Waals surface area contributed by atoms with E-state index in [4.69, 9.17) is 5.21 Å². The van der Waals surface area contributed by atoms with Gasteiger partial charge in [0.2, 0.25) is 0 Å². The molecule has 0 spiro atoms. The zero-order valence-electron chi connectivity index (χ0n) is 9.57. The summed E-state index contributed by atoms with van der Waals surface area (Å²) in [7, 11) is 0. The normalized spacial score (nSPS) is 9.79. The minimum Gasteiger partial charge on any atom is -0.411 e. The van der Waals surface area contributed by atoms with Gasteiger partial charge in [0.15, 0.2) is 6.29 Å². The molecule has 7 heteroatoms. The van der Waals surface area contributed by atoms with Crippen LogP contribution in [0.15, 0.2) is 41.8 Å². The van der Waals surface area contributed by atoms with E-state index in [2.05, 4.69) is 15.1 Å². The molecule has 0 bridgehead atoms. The second kappa shape index (κ2) is 7.59. The highest BCUT2D eigenvalue weighted by Crippen LogP contribution is 1.95. The highest BCUT2D eigenvalue weighted by Gasteiger charge is 1.90. The first kappa shape index (κ1) is 14.4. The molecule has 0 radical (unpaired) electrons. The molecule has 0 saturated carbocycles. The Kier molecular flexibility index (Phi) is 5.74. The van der Waals surface area contributed by atoms with Crippen LogP contribution in [0.3, 0.4) is 0 Å². The summed E-state index contributed by atoms with van der Waals surface area (Å²) in [5.74, 6) is -0.837. The van der Waals surface area contributed by atoms with Crippen LogP contribution in [0.25, 0.3) is 0 Å². The van der Waals surface area contributed by atoms with Gasteiger partial charge in [0, 0.05) is 0 Å². The fraction of sp³-hybridized carbons (Fsp3) is 0. The molecule has 0 amide bonds. The topological polar surface area (TPSA) is 75.4 Å². The molecule has 5 nitrogen and oxygen atoms in total. The minimum absolute atomic E-state index is 0.247. The average molecular weight is 265 g/mol. The maximum absolute atomic E-state index is 12.2. The molecule has 0 fully saturated rings. The van der Waals surface area contributed by atoms with Gasteiger partial charge in [-0.25, -0.2) is 8.78 Å². The van der Waals surface area contributed by atoms with E-state index in [0.29, 0.717) is 12.0 Å². The quantitative estimate of drug-likeness (QED) is 0.390. The highest BCUT2D eigenvalue weighted by atomic mass is 19.1. The molecule has 1 N–H and O–H groups in total. The van der Waals surface area contributed by atoms with Crippen molar-refractivity contribution in [2.45, 2.75) is 0 Å². The summed E-state index contributed by atoms with van der Waals surface area (Å²) in [5, 5.41) is 10.8. The Morgan fingerprint density at radius 2 is 1.53 bits per heavy atom. The number of aromatic nitrogens is 2. The van der Waals surface area contributed by atoms with Crippen molar-refractivity contribution in [3.63, 3.8) is 0 Å². The first-order valence-corrected chi connectivity index (χ1v) is 5.01. The molecule has 0 aliphatic carbocycles. The highest BCUT2D eigenvalue weighted by molar-refractivity contribution is 5.75. The average Bonchev–Trinajstić information content (AvgIpc) is 2.43. The van der Waals surface area contributed by atoms with Gasteiger partial charge in [0.1, 0.15) is 17.3 Å². The molecule has 98 valence electrons. The zero-order chi connectivity index (χ0) is 14.1. The van der Waals surface area contributed by atoms with Crippen molar-refractivity contribution >= 4 is 12.5 Å². The molecule has 0 aliphatic heterocycles. The maximum Gasteiger partial charge on any atom is 0.168 e. The molecular weight excluding hydrogens is 256 g/mol. The van der Waals surface area contributed by atoms with Crippen LogP contribution in [0.2, 0.25) is 0 Å². The third-order valence-corrected chi connectivity index (χ3v) is 1.81. The second-order valence-corrected chi connectivity index (χ2v) is 3.16. The maximum atomic E-state index is 12.2. The van der Waals surface area contributed by atoms with Gasteiger partial charge in [-0.2, -0.15) is 0 Å². The number of nitrogens with zero attached hydrogens (tertiary/aromatic N) is 3. The Labute approximate surface area is 107 Å². The third kappa shape index (κ3) is 5.44. The number of hydrogen-bond acceptors (Lipinski definition) is 5. The van der Waals surface area contributed by atoms with E-state index < -0.39 is 11.6 Å². The Hall–Kier alpha value is -2.70. The van der Waals surface area contributed by atoms with Crippen molar-refractivity contribution < 1.29 is 18.8 Å². The SMILES string of the molecule is O=Cc1ccc(F)cn1.ON=Cc1ccc(F)cn1. The number of carbonyl (C=O) groups excluding carboxylic acids is 1. The lowest BCUT2D eigenvalue weighted by atomic mass is 10.4. The fourth-order valence-electron chi connectivity index (χ4n) is 0.980. The van der Waals surface area contributed by atoms with Gasteiger partial charge in [0.05, 0.1) is 24.3 Å². The predicted molar refractivity (Wildman–Crippen MR) is 63.2 cm³/mol. The summed E-state index contributed by atoms with van der Waals surface area (Å²) < 4.78 is 24.2. The Balaban J connectivity index is 0.000000191. The Bertz CT molecular complexity index is 542. The number of carbonyl (C=O) groups is 1. The molecule has 2 heterocycles. The molecule has 2 aromatic rings. The lowest BCUT2D eigenvalue weighted by Gasteiger charge is -1.87. The van der Waals surface area contributed by atoms with Crippen LogP contribution in [-0.4, -0.2) is 27.7 Å². The zero-order valence-corrected chi connectivity index (χ0v) is 9.57. The van der Waals surface area contributed by atoms with Crippen molar-refractivity contribution in [2.24, 2.45) is 5.16 Å². The summed E-state index contributed by atoms with van der Waals surface area (Å²) in [6.45, 7) is 0. The van der Waals surface area contributed by atoms with Crippen molar-refractivity contribution in [1.29, 1.82) is 0 Å². The van der Waals surface area contributed by atoms with Crippen LogP contribution in [0.4, 0.5) is 8.78 Å². The van der Waals surface area contributed by atoms with Crippen molar-refractivity contribution in [3.8, 4) is 0 Å². The van der Waals surface area contributed by atoms with Gasteiger partial charge in [-0.15, -0.1) is 0 Å². The molecule has 0 saturated heterocycles. The summed E-state index contributed by atoms with van der Waals surface area (Å²) >= 11 is 0. The first-order chi connectivity index (χ1) is 9.15. The predicted octanol–water partition coefficient (Wildman–Crippen LogP) is 2.06. The van der Waals surface area contributed by atoms with Crippen molar-refractivity contribution in [3.05, 3.63) is 59.7 Å². The number of halogens is 2. The van der Waals surface area contributed by atoms with E-state index >= 15 is 0 Å². The van der Waals surface area contributed by atoms with Gasteiger partial charge in [-0.3, -0.25) is 14.8 Å². The van der Waals surface area contributed by atoms with Crippen molar-refractivity contribution in [2.75, 3.05) is 0 Å². The van der Waals surface area contributed by atoms with Gasteiger partial charge < -0.3 is 5.21 Å². The number of rotatable bonds is 2. The number of aldehydes is 1. The lowest BCUT2D eigenvalue weighted by molar-refractivity contribution is 0.111. The monoisotopic (exact) mass is 265 g/mol. The second-order valence-electron chi connectivity index (χ2n) is 3.16. The van der Waals surface area contributed by atoms with Crippen molar-refractivity contribution in [1.82, 2.24) is 9.97 Å². The van der Waals surface area contributed by atoms with E-state index in [1.54, 1.807) is 0 Å². The van der Waals surface area contributed by atoms with Gasteiger partial charge >= 0.3 is 0 Å². The van der Waals surface area contributed by atoms with Gasteiger partial charge in [-0.1, -0.05) is 5.16 Å². The van der Waals surface area contributed by atoms with E-state index in [-0.39, 0.29) is 5.69 Å². The van der Waals surface area contributed by atoms with E-state index in [1.165, 1.54) is 24.3 Å². The largest absolute Gasteiger partial charge is 0.411 e. The molecular formula is C12H9F2N3O2. The smallest absolute Gasteiger partial charge is 0.168 e. The fourth-order valence-corrected chi connectivity index (χ4v) is 0.980. The van der Waals surface area contributed by atoms with Crippen LogP contribution >= 0.6 is 0 Å². The molecule has 0 unspecified atom stereocenters. The van der Waals surface area contributed by atoms with Crippen LogP contribution in [-0.2, 0) is 0 Å². The standard InChI is InChI=1S/C6H5FN2O.C6H4FNO/c7-5-1-2-6(4-9-10)8-3-5;7-5-1-2-6(4-9)8-3-5/h1-4,10H;1-4H. The summed E-state index contributed by atoms with van der Waals surface area (Å²) in [6.07, 6.45) is 3.75. The van der Waals surface area contributed by atoms with Gasteiger partial charge in [-0.05, 0) is 24.3 Å². The molecule has 0 atom stereocenters. The number of hydrogen-bond donors (Lipinski definition) is 1. The summed E-state index contributed by atoms with van der Waals surface area (Å²) in [4.78, 5) is 17.0. The molecule has 19 heavy (non-hydrogen) atoms. The van der Waals surface area contributed by atoms with Gasteiger partial charge in [0.25, 0.3) is 0 Å². The molecule has 0 aliphatic rings. The Morgan fingerprint density at radius 1 is 1.00 bits per heavy atom. The van der Waals surface area contributed by atoms with Crippen LogP contribution in [0.5, 0.6) is 0 Å². The van der Waals surface area contributed by atoms with E-state index in [1.807, 2.05) is 0 Å². The number of oxime groups is 1.